The van der Waals surface area contributed by atoms with Gasteiger partial charge in [-0.1, -0.05) is 30.3 Å². The number of rotatable bonds is 0. The van der Waals surface area contributed by atoms with Gasteiger partial charge in [0.15, 0.2) is 5.78 Å². The number of aromatic nitrogens is 1. The number of Topliss-reactive ketones (excluding diaryl/α,β-unsaturated/α-hetero) is 1. The van der Waals surface area contributed by atoms with Crippen molar-refractivity contribution >= 4 is 16.9 Å². The second-order valence-corrected chi connectivity index (χ2v) is 6.81. The first-order valence-electron chi connectivity index (χ1n) is 8.95. The topological polar surface area (TPSA) is 77.5 Å². The number of pyridine rings is 1. The number of carbonyl (C=O) groups is 1. The molecule has 0 radical (unpaired) electrons. The van der Waals surface area contributed by atoms with Crippen molar-refractivity contribution < 1.29 is 13.6 Å². The van der Waals surface area contributed by atoms with Gasteiger partial charge in [0, 0.05) is 45.7 Å². The lowest BCUT2D eigenvalue weighted by molar-refractivity contribution is 0.104. The fraction of sp³-hybridized carbons (Fsp3) is 0. The maximum absolute atomic E-state index is 14.6. The van der Waals surface area contributed by atoms with Crippen LogP contribution in [-0.2, 0) is 0 Å². The minimum Gasteiger partial charge on any atom is -0.288 e. The van der Waals surface area contributed by atoms with E-state index in [0.717, 1.165) is 11.6 Å². The third-order valence-electron chi connectivity index (χ3n) is 5.28. The Bertz CT molecular complexity index is 1390. The molecule has 0 atom stereocenters. The van der Waals surface area contributed by atoms with Crippen LogP contribution in [0.3, 0.4) is 0 Å². The average Bonchev–Trinajstić information content (AvgIpc) is 3.21. The lowest BCUT2D eigenvalue weighted by Gasteiger charge is -2.09. The van der Waals surface area contributed by atoms with E-state index in [1.807, 2.05) is 12.1 Å². The highest BCUT2D eigenvalue weighted by molar-refractivity contribution is 6.33. The van der Waals surface area contributed by atoms with Crippen LogP contribution in [0.5, 0.6) is 0 Å². The van der Waals surface area contributed by atoms with Crippen LogP contribution >= 0.6 is 0 Å². The number of allylic oxidation sites excluding steroid dienone is 3. The molecular formula is C24H9F2N3O. The van der Waals surface area contributed by atoms with Gasteiger partial charge in [0.05, 0.1) is 11.3 Å². The predicted octanol–water partition coefficient (Wildman–Crippen LogP) is 4.84. The summed E-state index contributed by atoms with van der Waals surface area (Å²) in [6.07, 6.45) is 1.62. The summed E-state index contributed by atoms with van der Waals surface area (Å²) in [5.74, 6) is -2.62. The van der Waals surface area contributed by atoms with Crippen molar-refractivity contribution in [1.82, 2.24) is 4.98 Å². The second kappa shape index (κ2) is 6.30. The zero-order valence-corrected chi connectivity index (χ0v) is 15.2. The molecule has 0 amide bonds. The summed E-state index contributed by atoms with van der Waals surface area (Å²) in [6.45, 7) is 0. The molecule has 2 aliphatic carbocycles. The Balaban J connectivity index is 1.99. The number of hydrogen-bond donors (Lipinski definition) is 0. The van der Waals surface area contributed by atoms with Crippen molar-refractivity contribution in [3.05, 3.63) is 99.8 Å². The molecule has 30 heavy (non-hydrogen) atoms. The number of fused-ring (bicyclic) bond motifs is 4. The van der Waals surface area contributed by atoms with Gasteiger partial charge in [-0.2, -0.15) is 10.5 Å². The maximum atomic E-state index is 14.6. The number of nitrogens with zero attached hydrogens (tertiary/aromatic N) is 3. The standard InChI is InChI=1S/C24H9F2N3O/c25-13-8-17-19(12(10-27)11-28)22(24(30)21(17)18(26)9-13)20-14-4-1-2-5-15(14)23-16(20)6-3-7-29-23/h1-9H/b22-20-. The van der Waals surface area contributed by atoms with E-state index in [4.69, 9.17) is 0 Å². The molecule has 0 bridgehead atoms. The van der Waals surface area contributed by atoms with Gasteiger partial charge in [0.1, 0.15) is 29.3 Å². The molecule has 0 spiro atoms. The monoisotopic (exact) mass is 393 g/mol. The summed E-state index contributed by atoms with van der Waals surface area (Å²) in [5.41, 5.74) is 2.31. The van der Waals surface area contributed by atoms with E-state index in [0.29, 0.717) is 28.5 Å². The molecule has 1 heterocycles. The van der Waals surface area contributed by atoms with E-state index in [2.05, 4.69) is 4.98 Å². The summed E-state index contributed by atoms with van der Waals surface area (Å²) in [5, 5.41) is 19.0. The maximum Gasteiger partial charge on any atom is 0.197 e. The molecule has 5 rings (SSSR count). The number of halogens is 2. The molecule has 140 valence electrons. The summed E-state index contributed by atoms with van der Waals surface area (Å²) in [4.78, 5) is 17.8. The number of ketones is 1. The zero-order valence-electron chi connectivity index (χ0n) is 15.2. The highest BCUT2D eigenvalue weighted by Gasteiger charge is 2.40. The molecule has 0 fully saturated rings. The fourth-order valence-corrected chi connectivity index (χ4v) is 4.15. The van der Waals surface area contributed by atoms with E-state index in [-0.39, 0.29) is 27.8 Å². The predicted molar refractivity (Wildman–Crippen MR) is 105 cm³/mol. The average molecular weight is 393 g/mol. The largest absolute Gasteiger partial charge is 0.288 e. The van der Waals surface area contributed by atoms with Crippen molar-refractivity contribution in [2.24, 2.45) is 0 Å². The van der Waals surface area contributed by atoms with Crippen LogP contribution in [-0.4, -0.2) is 10.8 Å². The lowest BCUT2D eigenvalue weighted by atomic mass is 9.91. The van der Waals surface area contributed by atoms with Gasteiger partial charge in [0.25, 0.3) is 0 Å². The molecule has 2 aliphatic rings. The normalized spacial score (nSPS) is 15.9. The Kier molecular flexibility index (Phi) is 3.71. The van der Waals surface area contributed by atoms with Crippen LogP contribution in [0.1, 0.15) is 27.0 Å². The first kappa shape index (κ1) is 17.7. The summed E-state index contributed by atoms with van der Waals surface area (Å²) < 4.78 is 28.6. The quantitative estimate of drug-likeness (QED) is 0.316. The van der Waals surface area contributed by atoms with Gasteiger partial charge in [-0.3, -0.25) is 9.78 Å². The van der Waals surface area contributed by atoms with Crippen LogP contribution in [0.25, 0.3) is 22.4 Å². The number of hydrogen-bond acceptors (Lipinski definition) is 4. The Hall–Kier alpha value is -4.42. The SMILES string of the molecule is N#CC(C#N)=C1/C(=C2\c3ccccc3-c3ncccc32)C(=O)c2c(F)cc(F)cc21. The molecule has 6 heteroatoms. The van der Waals surface area contributed by atoms with Crippen molar-refractivity contribution in [1.29, 1.82) is 10.5 Å². The van der Waals surface area contributed by atoms with Crippen molar-refractivity contribution in [2.75, 3.05) is 0 Å². The lowest BCUT2D eigenvalue weighted by Crippen LogP contribution is -2.02. The number of nitriles is 2. The second-order valence-electron chi connectivity index (χ2n) is 6.81. The number of carbonyl (C=O) groups excluding carboxylic acids is 1. The van der Waals surface area contributed by atoms with E-state index < -0.39 is 17.4 Å². The first-order valence-corrected chi connectivity index (χ1v) is 8.95. The highest BCUT2D eigenvalue weighted by atomic mass is 19.1. The van der Waals surface area contributed by atoms with Crippen LogP contribution < -0.4 is 0 Å². The van der Waals surface area contributed by atoms with E-state index >= 15 is 0 Å². The molecule has 0 saturated carbocycles. The van der Waals surface area contributed by atoms with E-state index in [1.54, 1.807) is 42.6 Å². The molecule has 1 aromatic heterocycles. The number of benzene rings is 2. The molecule has 0 N–H and O–H groups in total. The molecule has 0 saturated heterocycles. The Labute approximate surface area is 169 Å². The molecule has 3 aromatic rings. The Morgan fingerprint density at radius 1 is 0.867 bits per heavy atom. The minimum absolute atomic E-state index is 0.00630. The zero-order chi connectivity index (χ0) is 21.0. The van der Waals surface area contributed by atoms with Gasteiger partial charge < -0.3 is 0 Å². The van der Waals surface area contributed by atoms with Gasteiger partial charge in [-0.15, -0.1) is 0 Å². The van der Waals surface area contributed by atoms with E-state index in [9.17, 15) is 24.1 Å². The van der Waals surface area contributed by atoms with Crippen LogP contribution in [0.4, 0.5) is 8.78 Å². The Morgan fingerprint density at radius 2 is 1.57 bits per heavy atom. The molecular weight excluding hydrogens is 384 g/mol. The third kappa shape index (κ3) is 2.22. The molecule has 2 aromatic carbocycles. The van der Waals surface area contributed by atoms with Crippen LogP contribution in [0.2, 0.25) is 0 Å². The van der Waals surface area contributed by atoms with Crippen molar-refractivity contribution in [2.45, 2.75) is 0 Å². The summed E-state index contributed by atoms with van der Waals surface area (Å²) in [6, 6.07) is 15.9. The smallest absolute Gasteiger partial charge is 0.197 e. The van der Waals surface area contributed by atoms with Crippen molar-refractivity contribution in [3.8, 4) is 23.4 Å². The van der Waals surface area contributed by atoms with Crippen LogP contribution in [0, 0.1) is 34.3 Å². The molecule has 0 unspecified atom stereocenters. The van der Waals surface area contributed by atoms with Gasteiger partial charge in [0.2, 0.25) is 0 Å². The van der Waals surface area contributed by atoms with Crippen molar-refractivity contribution in [3.63, 3.8) is 0 Å². The highest BCUT2D eigenvalue weighted by Crippen LogP contribution is 2.51. The fourth-order valence-electron chi connectivity index (χ4n) is 4.15. The summed E-state index contributed by atoms with van der Waals surface area (Å²) >= 11 is 0. The first-order chi connectivity index (χ1) is 14.6. The van der Waals surface area contributed by atoms with Gasteiger partial charge >= 0.3 is 0 Å². The van der Waals surface area contributed by atoms with Gasteiger partial charge in [-0.05, 0) is 17.7 Å². The van der Waals surface area contributed by atoms with Gasteiger partial charge in [-0.25, -0.2) is 8.78 Å². The van der Waals surface area contributed by atoms with Crippen LogP contribution in [0.15, 0.2) is 65.9 Å². The summed E-state index contributed by atoms with van der Waals surface area (Å²) in [7, 11) is 0. The molecule has 0 aliphatic heterocycles. The van der Waals surface area contributed by atoms with E-state index in [1.165, 1.54) is 0 Å². The molecule has 4 nitrogen and oxygen atoms in total. The third-order valence-corrected chi connectivity index (χ3v) is 5.28. The minimum atomic E-state index is -1.03. The Morgan fingerprint density at radius 3 is 2.30 bits per heavy atom.